The first-order valence-electron chi connectivity index (χ1n) is 7.34. The maximum Gasteiger partial charge on any atom is 0.0330 e. The second-order valence-corrected chi connectivity index (χ2v) is 6.62. The first-order valence-corrected chi connectivity index (χ1v) is 8.13. The number of benzene rings is 1. The largest absolute Gasteiger partial charge is 0.313 e. The van der Waals surface area contributed by atoms with Crippen LogP contribution in [0.25, 0.3) is 0 Å². The summed E-state index contributed by atoms with van der Waals surface area (Å²) in [6.45, 7) is 6.12. The lowest BCUT2D eigenvalue weighted by atomic mass is 9.98. The standard InChI is InChI=1S/C16H25BrN2/c1-13-6-9-19(10-7-13)11-8-16(18-2)14-4-3-5-15(17)12-14/h3-5,12-13,16,18H,6-11H2,1-2H3. The summed E-state index contributed by atoms with van der Waals surface area (Å²) in [5, 5.41) is 3.45. The Morgan fingerprint density at radius 2 is 2.11 bits per heavy atom. The fourth-order valence-corrected chi connectivity index (χ4v) is 3.22. The van der Waals surface area contributed by atoms with Crippen LogP contribution in [-0.4, -0.2) is 31.6 Å². The Balaban J connectivity index is 1.86. The number of hydrogen-bond donors (Lipinski definition) is 1. The van der Waals surface area contributed by atoms with Gasteiger partial charge in [0.05, 0.1) is 0 Å². The number of hydrogen-bond acceptors (Lipinski definition) is 2. The van der Waals surface area contributed by atoms with Gasteiger partial charge in [-0.1, -0.05) is 35.0 Å². The average Bonchev–Trinajstić information content (AvgIpc) is 2.42. The van der Waals surface area contributed by atoms with E-state index in [0.717, 1.165) is 10.4 Å². The quantitative estimate of drug-likeness (QED) is 0.885. The van der Waals surface area contributed by atoms with Crippen LogP contribution in [0.4, 0.5) is 0 Å². The molecule has 0 spiro atoms. The van der Waals surface area contributed by atoms with Gasteiger partial charge in [-0.15, -0.1) is 0 Å². The molecule has 0 radical (unpaired) electrons. The van der Waals surface area contributed by atoms with Crippen LogP contribution in [0.3, 0.4) is 0 Å². The Labute approximate surface area is 125 Å². The molecule has 3 heteroatoms. The van der Waals surface area contributed by atoms with Crippen LogP contribution in [0.15, 0.2) is 28.7 Å². The molecule has 19 heavy (non-hydrogen) atoms. The molecular weight excluding hydrogens is 300 g/mol. The lowest BCUT2D eigenvalue weighted by Crippen LogP contribution is -2.35. The van der Waals surface area contributed by atoms with Crippen LogP contribution in [-0.2, 0) is 0 Å². The van der Waals surface area contributed by atoms with Crippen LogP contribution < -0.4 is 5.32 Å². The van der Waals surface area contributed by atoms with Gasteiger partial charge in [-0.2, -0.15) is 0 Å². The topological polar surface area (TPSA) is 15.3 Å². The van der Waals surface area contributed by atoms with Crippen LogP contribution in [0.5, 0.6) is 0 Å². The Hall–Kier alpha value is -0.380. The predicted octanol–water partition coefficient (Wildman–Crippen LogP) is 3.83. The Kier molecular flexibility index (Phi) is 5.86. The van der Waals surface area contributed by atoms with E-state index in [2.05, 4.69) is 64.4 Å². The summed E-state index contributed by atoms with van der Waals surface area (Å²) < 4.78 is 1.16. The highest BCUT2D eigenvalue weighted by Crippen LogP contribution is 2.22. The Morgan fingerprint density at radius 3 is 2.74 bits per heavy atom. The van der Waals surface area contributed by atoms with E-state index in [1.807, 2.05) is 0 Å². The first-order chi connectivity index (χ1) is 9.19. The van der Waals surface area contributed by atoms with Crippen molar-refractivity contribution < 1.29 is 0 Å². The predicted molar refractivity (Wildman–Crippen MR) is 85.4 cm³/mol. The summed E-state index contributed by atoms with van der Waals surface area (Å²) in [4.78, 5) is 2.61. The molecule has 106 valence electrons. The first kappa shape index (κ1) is 15.0. The van der Waals surface area contributed by atoms with E-state index in [9.17, 15) is 0 Å². The highest BCUT2D eigenvalue weighted by molar-refractivity contribution is 9.10. The smallest absolute Gasteiger partial charge is 0.0330 e. The zero-order chi connectivity index (χ0) is 13.7. The lowest BCUT2D eigenvalue weighted by molar-refractivity contribution is 0.185. The summed E-state index contributed by atoms with van der Waals surface area (Å²) in [5.41, 5.74) is 1.38. The van der Waals surface area contributed by atoms with E-state index in [4.69, 9.17) is 0 Å². The van der Waals surface area contributed by atoms with Gasteiger partial charge < -0.3 is 10.2 Å². The monoisotopic (exact) mass is 324 g/mol. The lowest BCUT2D eigenvalue weighted by Gasteiger charge is -2.31. The molecule has 2 rings (SSSR count). The van der Waals surface area contributed by atoms with E-state index in [1.54, 1.807) is 0 Å². The van der Waals surface area contributed by atoms with Crippen molar-refractivity contribution >= 4 is 15.9 Å². The van der Waals surface area contributed by atoms with Gasteiger partial charge in [0.15, 0.2) is 0 Å². The van der Waals surface area contributed by atoms with Gasteiger partial charge in [0.2, 0.25) is 0 Å². The molecule has 1 aliphatic rings. The van der Waals surface area contributed by atoms with Crippen molar-refractivity contribution in [1.82, 2.24) is 10.2 Å². The average molecular weight is 325 g/mol. The van der Waals surface area contributed by atoms with Crippen molar-refractivity contribution in [2.24, 2.45) is 5.92 Å². The molecule has 0 aromatic heterocycles. The number of likely N-dealkylation sites (tertiary alicyclic amines) is 1. The molecule has 1 aromatic rings. The fourth-order valence-electron chi connectivity index (χ4n) is 2.80. The number of piperidine rings is 1. The molecule has 1 saturated heterocycles. The molecule has 1 fully saturated rings. The Morgan fingerprint density at radius 1 is 1.37 bits per heavy atom. The van der Waals surface area contributed by atoms with Crippen molar-refractivity contribution in [1.29, 1.82) is 0 Å². The third-order valence-electron chi connectivity index (χ3n) is 4.21. The minimum absolute atomic E-state index is 0.455. The zero-order valence-corrected chi connectivity index (χ0v) is 13.6. The van der Waals surface area contributed by atoms with Crippen LogP contribution >= 0.6 is 15.9 Å². The summed E-state index contributed by atoms with van der Waals surface area (Å²) in [5.74, 6) is 0.918. The van der Waals surface area contributed by atoms with Crippen LogP contribution in [0, 0.1) is 5.92 Å². The summed E-state index contributed by atoms with van der Waals surface area (Å²) in [6.07, 6.45) is 3.91. The van der Waals surface area contributed by atoms with Crippen molar-refractivity contribution in [3.63, 3.8) is 0 Å². The van der Waals surface area contributed by atoms with Crippen molar-refractivity contribution in [3.8, 4) is 0 Å². The van der Waals surface area contributed by atoms with Gasteiger partial charge >= 0.3 is 0 Å². The van der Waals surface area contributed by atoms with Crippen molar-refractivity contribution in [2.75, 3.05) is 26.7 Å². The molecule has 1 N–H and O–H groups in total. The van der Waals surface area contributed by atoms with Crippen molar-refractivity contribution in [2.45, 2.75) is 32.2 Å². The van der Waals surface area contributed by atoms with Crippen LogP contribution in [0.2, 0.25) is 0 Å². The van der Waals surface area contributed by atoms with Crippen molar-refractivity contribution in [3.05, 3.63) is 34.3 Å². The van der Waals surface area contributed by atoms with Gasteiger partial charge in [0.1, 0.15) is 0 Å². The summed E-state index contributed by atoms with van der Waals surface area (Å²) in [6, 6.07) is 9.09. The van der Waals surface area contributed by atoms with Gasteiger partial charge in [-0.3, -0.25) is 0 Å². The molecule has 1 heterocycles. The van der Waals surface area contributed by atoms with Gasteiger partial charge in [0, 0.05) is 10.5 Å². The van der Waals surface area contributed by atoms with Gasteiger partial charge in [-0.25, -0.2) is 0 Å². The summed E-state index contributed by atoms with van der Waals surface area (Å²) in [7, 11) is 2.06. The molecule has 1 aromatic carbocycles. The van der Waals surface area contributed by atoms with Crippen LogP contribution in [0.1, 0.15) is 37.8 Å². The molecule has 1 atom stereocenters. The number of nitrogens with zero attached hydrogens (tertiary/aromatic N) is 1. The molecule has 0 bridgehead atoms. The normalized spacial score (nSPS) is 19.5. The highest BCUT2D eigenvalue weighted by atomic mass is 79.9. The maximum atomic E-state index is 3.56. The third kappa shape index (κ3) is 4.59. The number of nitrogens with one attached hydrogen (secondary N) is 1. The second-order valence-electron chi connectivity index (χ2n) is 5.71. The fraction of sp³-hybridized carbons (Fsp3) is 0.625. The minimum Gasteiger partial charge on any atom is -0.313 e. The Bertz CT molecular complexity index is 386. The second kappa shape index (κ2) is 7.41. The number of halogens is 1. The third-order valence-corrected chi connectivity index (χ3v) is 4.70. The van der Waals surface area contributed by atoms with E-state index >= 15 is 0 Å². The molecular formula is C16H25BrN2. The summed E-state index contributed by atoms with van der Waals surface area (Å²) >= 11 is 3.56. The molecule has 0 aliphatic carbocycles. The molecule has 1 unspecified atom stereocenters. The molecule has 0 amide bonds. The van der Waals surface area contributed by atoms with E-state index < -0.39 is 0 Å². The molecule has 1 aliphatic heterocycles. The zero-order valence-electron chi connectivity index (χ0n) is 12.0. The van der Waals surface area contributed by atoms with E-state index in [-0.39, 0.29) is 0 Å². The van der Waals surface area contributed by atoms with E-state index in [1.165, 1.54) is 44.5 Å². The maximum absolute atomic E-state index is 3.56. The highest BCUT2D eigenvalue weighted by Gasteiger charge is 2.17. The van der Waals surface area contributed by atoms with Gasteiger partial charge in [-0.05, 0) is 69.6 Å². The SMILES string of the molecule is CNC(CCN1CCC(C)CC1)c1cccc(Br)c1. The minimum atomic E-state index is 0.455. The van der Waals surface area contributed by atoms with Gasteiger partial charge in [0.25, 0.3) is 0 Å². The number of rotatable bonds is 5. The van der Waals surface area contributed by atoms with E-state index in [0.29, 0.717) is 6.04 Å². The molecule has 0 saturated carbocycles. The molecule has 2 nitrogen and oxygen atoms in total.